The number of nitro groups is 1. The summed E-state index contributed by atoms with van der Waals surface area (Å²) >= 11 is 5.73. The van der Waals surface area contributed by atoms with E-state index in [-0.39, 0.29) is 23.1 Å². The van der Waals surface area contributed by atoms with Gasteiger partial charge in [0.05, 0.1) is 17.4 Å². The minimum absolute atomic E-state index is 0.103. The first-order chi connectivity index (χ1) is 8.10. The van der Waals surface area contributed by atoms with Gasteiger partial charge < -0.3 is 4.90 Å². The fourth-order valence-electron chi connectivity index (χ4n) is 1.39. The average Bonchev–Trinajstić information content (AvgIpc) is 2.29. The molecule has 0 atom stereocenters. The molecule has 90 valence electrons. The van der Waals surface area contributed by atoms with Crippen LogP contribution in [0.5, 0.6) is 0 Å². The average molecular weight is 255 g/mol. The minimum Gasteiger partial charge on any atom is -0.350 e. The second kappa shape index (κ2) is 6.01. The van der Waals surface area contributed by atoms with Crippen molar-refractivity contribution >= 4 is 23.1 Å². The largest absolute Gasteiger partial charge is 0.350 e. The third-order valence-corrected chi connectivity index (χ3v) is 2.40. The fraction of sp³-hybridized carbons (Fsp3) is 0.400. The lowest BCUT2D eigenvalue weighted by atomic mass is 10.3. The van der Waals surface area contributed by atoms with Gasteiger partial charge in [-0.1, -0.05) is 11.6 Å². The lowest BCUT2D eigenvalue weighted by Crippen LogP contribution is -2.25. The molecule has 6 nitrogen and oxygen atoms in total. The van der Waals surface area contributed by atoms with Gasteiger partial charge in [-0.3, -0.25) is 10.1 Å². The van der Waals surface area contributed by atoms with Crippen molar-refractivity contribution in [2.75, 3.05) is 18.0 Å². The van der Waals surface area contributed by atoms with Crippen molar-refractivity contribution in [3.63, 3.8) is 0 Å². The predicted molar refractivity (Wildman–Crippen MR) is 64.0 cm³/mol. The highest BCUT2D eigenvalue weighted by Gasteiger charge is 2.20. The molecule has 0 amide bonds. The summed E-state index contributed by atoms with van der Waals surface area (Å²) in [7, 11) is 0. The molecule has 1 aromatic heterocycles. The van der Waals surface area contributed by atoms with Gasteiger partial charge in [-0.2, -0.15) is 5.26 Å². The summed E-state index contributed by atoms with van der Waals surface area (Å²) in [6, 6.07) is 4.69. The molecule has 0 saturated carbocycles. The molecular formula is C10H11ClN4O2. The van der Waals surface area contributed by atoms with Crippen LogP contribution in [0.4, 0.5) is 11.5 Å². The molecule has 0 aliphatic heterocycles. The Morgan fingerprint density at radius 1 is 1.65 bits per heavy atom. The van der Waals surface area contributed by atoms with E-state index >= 15 is 0 Å². The zero-order valence-corrected chi connectivity index (χ0v) is 10.0. The van der Waals surface area contributed by atoms with Crippen LogP contribution in [-0.2, 0) is 0 Å². The molecule has 7 heteroatoms. The van der Waals surface area contributed by atoms with E-state index in [0.717, 1.165) is 0 Å². The summed E-state index contributed by atoms with van der Waals surface area (Å²) in [4.78, 5) is 16.0. The van der Waals surface area contributed by atoms with Crippen LogP contribution in [0.25, 0.3) is 0 Å². The van der Waals surface area contributed by atoms with Crippen LogP contribution in [0.2, 0.25) is 5.15 Å². The van der Waals surface area contributed by atoms with Crippen molar-refractivity contribution in [2.24, 2.45) is 0 Å². The highest BCUT2D eigenvalue weighted by Crippen LogP contribution is 2.27. The molecule has 0 aliphatic carbocycles. The third-order valence-electron chi connectivity index (χ3n) is 2.19. The third kappa shape index (κ3) is 3.29. The monoisotopic (exact) mass is 254 g/mol. The topological polar surface area (TPSA) is 83.1 Å². The van der Waals surface area contributed by atoms with Gasteiger partial charge in [0, 0.05) is 19.2 Å². The molecule has 0 fully saturated rings. The summed E-state index contributed by atoms with van der Waals surface area (Å²) < 4.78 is 0. The first kappa shape index (κ1) is 13.2. The molecular weight excluding hydrogens is 244 g/mol. The van der Waals surface area contributed by atoms with Gasteiger partial charge in [0.15, 0.2) is 0 Å². The highest BCUT2D eigenvalue weighted by atomic mass is 35.5. The van der Waals surface area contributed by atoms with Crippen LogP contribution >= 0.6 is 11.6 Å². The van der Waals surface area contributed by atoms with E-state index in [2.05, 4.69) is 4.98 Å². The lowest BCUT2D eigenvalue weighted by Gasteiger charge is -2.20. The van der Waals surface area contributed by atoms with Crippen molar-refractivity contribution < 1.29 is 4.92 Å². The summed E-state index contributed by atoms with van der Waals surface area (Å²) in [5.41, 5.74) is -0.103. The van der Waals surface area contributed by atoms with Gasteiger partial charge in [-0.05, 0) is 13.0 Å². The van der Waals surface area contributed by atoms with Gasteiger partial charge in [-0.25, -0.2) is 4.98 Å². The molecule has 1 rings (SSSR count). The second-order valence-corrected chi connectivity index (χ2v) is 3.61. The Labute approximate surface area is 104 Å². The number of hydrogen-bond donors (Lipinski definition) is 0. The van der Waals surface area contributed by atoms with Crippen molar-refractivity contribution in [1.82, 2.24) is 4.98 Å². The van der Waals surface area contributed by atoms with Crippen LogP contribution in [0, 0.1) is 21.4 Å². The Kier molecular flexibility index (Phi) is 4.67. The van der Waals surface area contributed by atoms with E-state index in [1.807, 2.05) is 13.0 Å². The molecule has 0 bridgehead atoms. The van der Waals surface area contributed by atoms with E-state index in [9.17, 15) is 10.1 Å². The highest BCUT2D eigenvalue weighted by molar-refractivity contribution is 6.29. The number of pyridine rings is 1. The Morgan fingerprint density at radius 3 is 2.88 bits per heavy atom. The Balaban J connectivity index is 3.12. The van der Waals surface area contributed by atoms with Gasteiger partial charge in [-0.15, -0.1) is 0 Å². The van der Waals surface area contributed by atoms with Crippen molar-refractivity contribution in [3.8, 4) is 6.07 Å². The fourth-order valence-corrected chi connectivity index (χ4v) is 1.53. The first-order valence-electron chi connectivity index (χ1n) is 5.03. The van der Waals surface area contributed by atoms with Gasteiger partial charge in [0.2, 0.25) is 5.82 Å². The molecule has 0 saturated heterocycles. The van der Waals surface area contributed by atoms with E-state index < -0.39 is 4.92 Å². The van der Waals surface area contributed by atoms with E-state index in [1.165, 1.54) is 12.1 Å². The normalized spacial score (nSPS) is 9.71. The maximum Gasteiger partial charge on any atom is 0.311 e. The number of halogens is 1. The lowest BCUT2D eigenvalue weighted by molar-refractivity contribution is -0.384. The number of rotatable bonds is 5. The molecule has 1 heterocycles. The Morgan fingerprint density at radius 2 is 2.35 bits per heavy atom. The van der Waals surface area contributed by atoms with E-state index in [0.29, 0.717) is 13.1 Å². The Bertz CT molecular complexity index is 458. The zero-order chi connectivity index (χ0) is 12.8. The van der Waals surface area contributed by atoms with E-state index in [1.54, 1.807) is 4.90 Å². The standard InChI is InChI=1S/C10H11ClN4O2/c1-2-14(7-3-6-12)10-8(15(16)17)4-5-9(11)13-10/h4-5H,2-3,7H2,1H3. The van der Waals surface area contributed by atoms with Gasteiger partial charge >= 0.3 is 5.69 Å². The quantitative estimate of drug-likeness (QED) is 0.458. The summed E-state index contributed by atoms with van der Waals surface area (Å²) in [6.07, 6.45) is 0.277. The molecule has 0 radical (unpaired) electrons. The molecule has 0 spiro atoms. The zero-order valence-electron chi connectivity index (χ0n) is 9.26. The second-order valence-electron chi connectivity index (χ2n) is 3.22. The van der Waals surface area contributed by atoms with Crippen molar-refractivity contribution in [3.05, 3.63) is 27.4 Å². The van der Waals surface area contributed by atoms with Crippen LogP contribution in [-0.4, -0.2) is 23.0 Å². The van der Waals surface area contributed by atoms with Crippen molar-refractivity contribution in [2.45, 2.75) is 13.3 Å². The molecule has 0 unspecified atom stereocenters. The number of nitrogens with zero attached hydrogens (tertiary/aromatic N) is 4. The number of hydrogen-bond acceptors (Lipinski definition) is 5. The van der Waals surface area contributed by atoms with Crippen LogP contribution in [0.15, 0.2) is 12.1 Å². The van der Waals surface area contributed by atoms with Gasteiger partial charge in [0.1, 0.15) is 5.15 Å². The molecule has 1 aromatic rings. The van der Waals surface area contributed by atoms with Crippen LogP contribution in [0.3, 0.4) is 0 Å². The molecule has 17 heavy (non-hydrogen) atoms. The Hall–Kier alpha value is -1.87. The van der Waals surface area contributed by atoms with Gasteiger partial charge in [0.25, 0.3) is 0 Å². The first-order valence-corrected chi connectivity index (χ1v) is 5.40. The van der Waals surface area contributed by atoms with E-state index in [4.69, 9.17) is 16.9 Å². The number of aromatic nitrogens is 1. The van der Waals surface area contributed by atoms with Crippen LogP contribution in [0.1, 0.15) is 13.3 Å². The molecule has 0 aliphatic rings. The summed E-state index contributed by atoms with van der Waals surface area (Å²) in [5.74, 6) is 0.209. The molecule has 0 N–H and O–H groups in total. The number of anilines is 1. The predicted octanol–water partition coefficient (Wildman–Crippen LogP) is 2.38. The van der Waals surface area contributed by atoms with Crippen molar-refractivity contribution in [1.29, 1.82) is 5.26 Å². The maximum atomic E-state index is 10.9. The molecule has 0 aromatic carbocycles. The minimum atomic E-state index is -0.506. The summed E-state index contributed by atoms with van der Waals surface area (Å²) in [5, 5.41) is 19.6. The maximum absolute atomic E-state index is 10.9. The van der Waals surface area contributed by atoms with Crippen LogP contribution < -0.4 is 4.90 Å². The summed E-state index contributed by atoms with van der Waals surface area (Å²) in [6.45, 7) is 2.75. The SMILES string of the molecule is CCN(CCC#N)c1nc(Cl)ccc1[N+](=O)[O-]. The number of nitriles is 1. The smallest absolute Gasteiger partial charge is 0.311 e.